The van der Waals surface area contributed by atoms with Crippen molar-refractivity contribution in [2.24, 2.45) is 51.0 Å². The summed E-state index contributed by atoms with van der Waals surface area (Å²) in [5.74, 6) is 2.44. The summed E-state index contributed by atoms with van der Waals surface area (Å²) >= 11 is 0. The molecular formula is C27H50N4O3. The Morgan fingerprint density at radius 3 is 2.62 bits per heavy atom. The van der Waals surface area contributed by atoms with Crippen LogP contribution in [0.15, 0.2) is 4.99 Å². The van der Waals surface area contributed by atoms with Gasteiger partial charge in [-0.1, -0.05) is 13.8 Å². The second-order valence-electron chi connectivity index (χ2n) is 12.4. The quantitative estimate of drug-likeness (QED) is 0.142. The first-order chi connectivity index (χ1) is 16.2. The number of hydroxylamine groups is 1. The molecule has 8 atom stereocenters. The number of fused-ring (bicyclic) bond motifs is 5. The smallest absolute Gasteiger partial charge is 0.185 e. The zero-order valence-electron chi connectivity index (χ0n) is 21.6. The summed E-state index contributed by atoms with van der Waals surface area (Å²) in [6, 6.07) is 0. The molecule has 0 saturated heterocycles. The highest BCUT2D eigenvalue weighted by Crippen LogP contribution is 2.69. The van der Waals surface area contributed by atoms with Crippen LogP contribution in [0.1, 0.15) is 97.3 Å². The molecule has 0 aliphatic heterocycles. The van der Waals surface area contributed by atoms with E-state index in [4.69, 9.17) is 16.3 Å². The van der Waals surface area contributed by atoms with Crippen LogP contribution in [0.4, 0.5) is 0 Å². The van der Waals surface area contributed by atoms with Gasteiger partial charge in [0.2, 0.25) is 0 Å². The summed E-state index contributed by atoms with van der Waals surface area (Å²) in [4.78, 5) is 9.55. The van der Waals surface area contributed by atoms with E-state index in [0.29, 0.717) is 42.2 Å². The summed E-state index contributed by atoms with van der Waals surface area (Å²) in [7, 11) is 0. The molecule has 0 heterocycles. The van der Waals surface area contributed by atoms with E-state index < -0.39 is 5.60 Å². The number of hydrogen-bond donors (Lipinski definition) is 5. The molecule has 4 saturated carbocycles. The third-order valence-corrected chi connectivity index (χ3v) is 10.9. The van der Waals surface area contributed by atoms with Crippen LogP contribution in [0.5, 0.6) is 0 Å². The lowest BCUT2D eigenvalue weighted by atomic mass is 9.43. The molecule has 7 heteroatoms. The number of unbranched alkanes of at least 4 members (excludes halogenated alkanes) is 1. The molecule has 4 fully saturated rings. The number of hydrogen-bond acceptors (Lipinski definition) is 5. The van der Waals surface area contributed by atoms with E-state index in [2.05, 4.69) is 24.3 Å². The van der Waals surface area contributed by atoms with Crippen molar-refractivity contribution in [2.45, 2.75) is 109 Å². The van der Waals surface area contributed by atoms with Crippen LogP contribution in [0.2, 0.25) is 0 Å². The lowest BCUT2D eigenvalue weighted by Crippen LogP contribution is -2.62. The van der Waals surface area contributed by atoms with Gasteiger partial charge < -0.3 is 26.5 Å². The number of aliphatic hydroxyl groups excluding tert-OH is 1. The minimum Gasteiger partial charge on any atom is -0.393 e. The third-order valence-electron chi connectivity index (χ3n) is 10.9. The van der Waals surface area contributed by atoms with Gasteiger partial charge in [-0.3, -0.25) is 4.99 Å². The Balaban J connectivity index is 1.24. The van der Waals surface area contributed by atoms with E-state index >= 15 is 0 Å². The van der Waals surface area contributed by atoms with Crippen molar-refractivity contribution in [1.82, 2.24) is 5.48 Å². The predicted molar refractivity (Wildman–Crippen MR) is 136 cm³/mol. The summed E-state index contributed by atoms with van der Waals surface area (Å²) in [5, 5.41) is 22.5. The topological polar surface area (TPSA) is 126 Å². The van der Waals surface area contributed by atoms with Gasteiger partial charge in [-0.25, -0.2) is 5.48 Å². The first kappa shape index (κ1) is 26.2. The molecule has 0 unspecified atom stereocenters. The second kappa shape index (κ2) is 10.6. The van der Waals surface area contributed by atoms with Gasteiger partial charge in [-0.05, 0) is 118 Å². The SMILES string of the molecule is C[C@]12CC[C@H](O)C[C@H]1CC[C@@H]1[C@@H]2CC[C@]2(C)[C@@H](CCCNOCCCCN=C(N)N)CC[C@]12O. The maximum Gasteiger partial charge on any atom is 0.185 e. The number of rotatable bonds is 10. The average molecular weight is 479 g/mol. The van der Waals surface area contributed by atoms with Crippen molar-refractivity contribution in [3.63, 3.8) is 0 Å². The Hall–Kier alpha value is -0.890. The third kappa shape index (κ3) is 4.87. The molecule has 0 radical (unpaired) electrons. The van der Waals surface area contributed by atoms with Crippen LogP contribution >= 0.6 is 0 Å². The van der Waals surface area contributed by atoms with Crippen molar-refractivity contribution >= 4 is 5.96 Å². The van der Waals surface area contributed by atoms with Crippen LogP contribution in [0.3, 0.4) is 0 Å². The predicted octanol–water partition coefficient (Wildman–Crippen LogP) is 3.48. The van der Waals surface area contributed by atoms with Gasteiger partial charge in [0.05, 0.1) is 18.3 Å². The van der Waals surface area contributed by atoms with Gasteiger partial charge in [0, 0.05) is 13.1 Å². The van der Waals surface area contributed by atoms with E-state index in [0.717, 1.165) is 77.2 Å². The zero-order chi connectivity index (χ0) is 24.4. The fourth-order valence-corrected chi connectivity index (χ4v) is 8.84. The highest BCUT2D eigenvalue weighted by atomic mass is 16.6. The Labute approximate surface area is 206 Å². The van der Waals surface area contributed by atoms with Crippen molar-refractivity contribution < 1.29 is 15.1 Å². The molecule has 34 heavy (non-hydrogen) atoms. The fraction of sp³-hybridized carbons (Fsp3) is 0.963. The minimum atomic E-state index is -0.510. The number of guanidine groups is 1. The molecule has 0 bridgehead atoms. The summed E-state index contributed by atoms with van der Waals surface area (Å²) in [6.07, 6.45) is 13.9. The largest absolute Gasteiger partial charge is 0.393 e. The van der Waals surface area contributed by atoms with E-state index in [1.807, 2.05) is 0 Å². The Morgan fingerprint density at radius 2 is 1.82 bits per heavy atom. The van der Waals surface area contributed by atoms with Gasteiger partial charge in [0.25, 0.3) is 0 Å². The van der Waals surface area contributed by atoms with Crippen molar-refractivity contribution in [3.8, 4) is 0 Å². The number of aliphatic imine (C=N–C) groups is 1. The van der Waals surface area contributed by atoms with Gasteiger partial charge >= 0.3 is 0 Å². The molecular weight excluding hydrogens is 428 g/mol. The molecule has 4 rings (SSSR count). The first-order valence-corrected chi connectivity index (χ1v) is 14.0. The van der Waals surface area contributed by atoms with Crippen LogP contribution < -0.4 is 16.9 Å². The van der Waals surface area contributed by atoms with Crippen LogP contribution in [0.25, 0.3) is 0 Å². The van der Waals surface area contributed by atoms with E-state index in [-0.39, 0.29) is 17.5 Å². The highest BCUT2D eigenvalue weighted by Gasteiger charge is 2.66. The van der Waals surface area contributed by atoms with Gasteiger partial charge in [0.1, 0.15) is 0 Å². The highest BCUT2D eigenvalue weighted by molar-refractivity contribution is 5.75. The maximum absolute atomic E-state index is 12.3. The molecule has 7 N–H and O–H groups in total. The normalized spacial score (nSPS) is 43.6. The van der Waals surface area contributed by atoms with E-state index in [1.54, 1.807) is 0 Å². The molecule has 0 amide bonds. The molecule has 4 aliphatic carbocycles. The summed E-state index contributed by atoms with van der Waals surface area (Å²) in [6.45, 7) is 7.07. The first-order valence-electron chi connectivity index (χ1n) is 14.0. The maximum atomic E-state index is 12.3. The lowest BCUT2D eigenvalue weighted by molar-refractivity contribution is -0.210. The van der Waals surface area contributed by atoms with Crippen LogP contribution in [-0.2, 0) is 4.84 Å². The van der Waals surface area contributed by atoms with E-state index in [9.17, 15) is 10.2 Å². The van der Waals surface area contributed by atoms with Gasteiger partial charge in [0.15, 0.2) is 5.96 Å². The lowest BCUT2D eigenvalue weighted by Gasteiger charge is -2.63. The Kier molecular flexibility index (Phi) is 8.17. The zero-order valence-corrected chi connectivity index (χ0v) is 21.6. The summed E-state index contributed by atoms with van der Waals surface area (Å²) < 4.78 is 0. The van der Waals surface area contributed by atoms with Crippen LogP contribution in [-0.4, -0.2) is 47.6 Å². The molecule has 0 aromatic heterocycles. The molecule has 0 spiro atoms. The number of aliphatic hydroxyl groups is 2. The van der Waals surface area contributed by atoms with Crippen molar-refractivity contribution in [3.05, 3.63) is 0 Å². The monoisotopic (exact) mass is 478 g/mol. The number of nitrogens with one attached hydrogen (secondary N) is 1. The number of nitrogens with two attached hydrogens (primary N) is 2. The average Bonchev–Trinajstić information content (AvgIpc) is 3.06. The Morgan fingerprint density at radius 1 is 1.00 bits per heavy atom. The second-order valence-corrected chi connectivity index (χ2v) is 12.4. The summed E-state index contributed by atoms with van der Waals surface area (Å²) in [5.41, 5.74) is 13.6. The molecule has 0 aromatic carbocycles. The fourth-order valence-electron chi connectivity index (χ4n) is 8.84. The molecule has 7 nitrogen and oxygen atoms in total. The molecule has 0 aromatic rings. The van der Waals surface area contributed by atoms with Gasteiger partial charge in [-0.15, -0.1) is 0 Å². The van der Waals surface area contributed by atoms with Crippen LogP contribution in [0, 0.1) is 34.5 Å². The molecule has 4 aliphatic rings. The minimum absolute atomic E-state index is 0.0394. The molecule has 196 valence electrons. The number of nitrogens with zero attached hydrogens (tertiary/aromatic N) is 1. The Bertz CT molecular complexity index is 716. The van der Waals surface area contributed by atoms with Gasteiger partial charge in [-0.2, -0.15) is 0 Å². The van der Waals surface area contributed by atoms with Crippen molar-refractivity contribution in [1.29, 1.82) is 0 Å². The van der Waals surface area contributed by atoms with Crippen molar-refractivity contribution in [2.75, 3.05) is 19.7 Å². The standard InChI is InChI=1S/C27H50N4O3/c1-25-12-10-21(32)18-20(25)7-8-23-22(25)11-13-26(2)19(9-14-27(23,26)33)6-5-16-31-34-17-4-3-15-30-24(28)29/h19-23,31-33H,3-18H2,1-2H3,(H4,28,29,30)/t19-,20+,21-,22-,23+,25-,26+,27-/m0/s1. The van der Waals surface area contributed by atoms with E-state index in [1.165, 1.54) is 12.8 Å².